The molecular weight excluding hydrogens is 458 g/mol. The maximum absolute atomic E-state index is 6.13. The van der Waals surface area contributed by atoms with Gasteiger partial charge in [0.1, 0.15) is 11.7 Å². The molecule has 2 rings (SSSR count). The molecule has 192 valence electrons. The third-order valence-electron chi connectivity index (χ3n) is 5.55. The van der Waals surface area contributed by atoms with Gasteiger partial charge in [-0.1, -0.05) is 0 Å². The van der Waals surface area contributed by atoms with E-state index >= 15 is 0 Å². The van der Waals surface area contributed by atoms with Crippen molar-refractivity contribution in [2.75, 3.05) is 71.6 Å². The lowest BCUT2D eigenvalue weighted by atomic mass is 10.2. The Morgan fingerprint density at radius 2 is 1.80 bits per heavy atom. The van der Waals surface area contributed by atoms with Crippen LogP contribution in [0.2, 0.25) is 0 Å². The van der Waals surface area contributed by atoms with E-state index in [9.17, 15) is 0 Å². The van der Waals surface area contributed by atoms with Gasteiger partial charge in [0.05, 0.1) is 5.88 Å². The van der Waals surface area contributed by atoms with Gasteiger partial charge >= 0.3 is 0 Å². The minimum Gasteiger partial charge on any atom is -0.402 e. The van der Waals surface area contributed by atoms with Gasteiger partial charge in [0, 0.05) is 68.2 Å². The fraction of sp³-hybridized carbons (Fsp3) is 0.480. The highest BCUT2D eigenvalue weighted by molar-refractivity contribution is 7.99. The normalized spacial score (nSPS) is 17.0. The lowest BCUT2D eigenvalue weighted by Gasteiger charge is -2.36. The van der Waals surface area contributed by atoms with Crippen LogP contribution in [-0.2, 0) is 0 Å². The number of benzene rings is 1. The molecule has 1 aliphatic heterocycles. The molecule has 0 aromatic heterocycles. The van der Waals surface area contributed by atoms with Gasteiger partial charge < -0.3 is 26.6 Å². The predicted octanol–water partition coefficient (Wildman–Crippen LogP) is 2.51. The van der Waals surface area contributed by atoms with Crippen LogP contribution in [0.5, 0.6) is 0 Å². The Balaban J connectivity index is 2.22. The molecule has 1 aliphatic rings. The lowest BCUT2D eigenvalue weighted by Crippen LogP contribution is -2.47. The zero-order chi connectivity index (χ0) is 25.8. The van der Waals surface area contributed by atoms with Crippen LogP contribution in [0.15, 0.2) is 67.3 Å². The summed E-state index contributed by atoms with van der Waals surface area (Å²) in [5.41, 5.74) is 14.4. The largest absolute Gasteiger partial charge is 0.402 e. The topological polar surface area (TPSA) is 111 Å². The van der Waals surface area contributed by atoms with E-state index in [1.54, 1.807) is 24.8 Å². The molecule has 1 saturated heterocycles. The molecule has 0 spiro atoms. The number of nitrogens with two attached hydrogens (primary N) is 2. The maximum atomic E-state index is 6.13. The molecule has 0 atom stereocenters. The van der Waals surface area contributed by atoms with Crippen LogP contribution in [0.1, 0.15) is 13.8 Å². The number of nitrogens with zero attached hydrogens (tertiary/aromatic N) is 6. The lowest BCUT2D eigenvalue weighted by molar-refractivity contribution is 0.148. The van der Waals surface area contributed by atoms with E-state index in [1.165, 1.54) is 0 Å². The van der Waals surface area contributed by atoms with Gasteiger partial charge in [0.25, 0.3) is 0 Å². The van der Waals surface area contributed by atoms with E-state index in [2.05, 4.69) is 62.9 Å². The van der Waals surface area contributed by atoms with Gasteiger partial charge in [-0.15, -0.1) is 11.8 Å². The minimum absolute atomic E-state index is 0.309. The average molecular weight is 500 g/mol. The van der Waals surface area contributed by atoms with Crippen molar-refractivity contribution in [3.63, 3.8) is 0 Å². The molecule has 5 N–H and O–H groups in total. The number of hydrogen-bond donors (Lipinski definition) is 3. The third-order valence-corrected chi connectivity index (χ3v) is 6.42. The molecule has 0 radical (unpaired) electrons. The molecular formula is C25H41N9S. The summed E-state index contributed by atoms with van der Waals surface area (Å²) in [5, 5.41) is 3.13. The third kappa shape index (κ3) is 9.75. The van der Waals surface area contributed by atoms with E-state index in [0.717, 1.165) is 61.2 Å². The standard InChI is InChI=1S/C25H41N9S/c1-19(26)17-23(27)31-24(30-18-35-22-9-7-21(28-3)8-10-22)20(2)25(29-4)34-15-13-33(14-16-34)12-11-32(5)6/h7-10,17,28H,4,11-16,18,26H2,1-3,5-6H3,(H2,27,30,31)/b19-17-,25-20+. The van der Waals surface area contributed by atoms with Gasteiger partial charge in [0.15, 0.2) is 5.84 Å². The quantitative estimate of drug-likeness (QED) is 0.244. The molecule has 9 nitrogen and oxygen atoms in total. The highest BCUT2D eigenvalue weighted by atomic mass is 32.2. The number of hydrogen-bond acceptors (Lipinski definition) is 8. The number of likely N-dealkylation sites (N-methyl/N-ethyl adjacent to an activating group) is 1. The molecule has 35 heavy (non-hydrogen) atoms. The number of allylic oxidation sites excluding steroid dienone is 1. The number of thioether (sulfide) groups is 1. The number of anilines is 1. The van der Waals surface area contributed by atoms with Crippen LogP contribution in [0, 0.1) is 0 Å². The van der Waals surface area contributed by atoms with Crippen LogP contribution in [0.3, 0.4) is 0 Å². The molecule has 0 aliphatic carbocycles. The summed E-state index contributed by atoms with van der Waals surface area (Å²) < 4.78 is 0. The number of nitrogens with one attached hydrogen (secondary N) is 1. The second kappa shape index (κ2) is 14.6. The Labute approximate surface area is 214 Å². The summed E-state index contributed by atoms with van der Waals surface area (Å²) in [6.07, 6.45) is 1.64. The van der Waals surface area contributed by atoms with Gasteiger partial charge in [-0.3, -0.25) is 9.89 Å². The average Bonchev–Trinajstić information content (AvgIpc) is 2.83. The van der Waals surface area contributed by atoms with Crippen molar-refractivity contribution < 1.29 is 0 Å². The smallest absolute Gasteiger partial charge is 0.157 e. The number of amidine groups is 2. The van der Waals surface area contributed by atoms with Crippen molar-refractivity contribution in [1.29, 1.82) is 0 Å². The second-order valence-electron chi connectivity index (χ2n) is 8.69. The zero-order valence-electron chi connectivity index (χ0n) is 21.8. The van der Waals surface area contributed by atoms with Crippen molar-refractivity contribution >= 4 is 35.8 Å². The first-order chi connectivity index (χ1) is 16.7. The molecule has 0 bridgehead atoms. The Kier molecular flexibility index (Phi) is 11.8. The van der Waals surface area contributed by atoms with Crippen molar-refractivity contribution in [2.45, 2.75) is 18.7 Å². The number of rotatable bonds is 11. The summed E-state index contributed by atoms with van der Waals surface area (Å²) in [5.74, 6) is 2.14. The fourth-order valence-corrected chi connectivity index (χ4v) is 4.26. The van der Waals surface area contributed by atoms with Gasteiger partial charge in [-0.25, -0.2) is 9.98 Å². The van der Waals surface area contributed by atoms with Crippen molar-refractivity contribution in [1.82, 2.24) is 14.7 Å². The summed E-state index contributed by atoms with van der Waals surface area (Å²) in [7, 11) is 6.11. The molecule has 1 aromatic rings. The number of aliphatic imine (C=N–C) groups is 3. The Bertz CT molecular complexity index is 936. The molecule has 10 heteroatoms. The van der Waals surface area contributed by atoms with Crippen molar-refractivity contribution in [2.24, 2.45) is 26.4 Å². The summed E-state index contributed by atoms with van der Waals surface area (Å²) >= 11 is 1.63. The minimum atomic E-state index is 0.309. The highest BCUT2D eigenvalue weighted by Gasteiger charge is 2.21. The van der Waals surface area contributed by atoms with Crippen LogP contribution in [0.25, 0.3) is 0 Å². The highest BCUT2D eigenvalue weighted by Crippen LogP contribution is 2.22. The van der Waals surface area contributed by atoms with Crippen LogP contribution in [0.4, 0.5) is 5.69 Å². The molecule has 0 unspecified atom stereocenters. The van der Waals surface area contributed by atoms with E-state index in [-0.39, 0.29) is 0 Å². The van der Waals surface area contributed by atoms with E-state index in [0.29, 0.717) is 23.2 Å². The van der Waals surface area contributed by atoms with Crippen LogP contribution < -0.4 is 16.8 Å². The van der Waals surface area contributed by atoms with Gasteiger partial charge in [0.2, 0.25) is 0 Å². The molecule has 1 fully saturated rings. The Morgan fingerprint density at radius 3 is 2.34 bits per heavy atom. The predicted molar refractivity (Wildman–Crippen MR) is 153 cm³/mol. The molecule has 1 aromatic carbocycles. The zero-order valence-corrected chi connectivity index (χ0v) is 22.6. The molecule has 0 saturated carbocycles. The van der Waals surface area contributed by atoms with Crippen LogP contribution >= 0.6 is 11.8 Å². The SMILES string of the molecule is C=N\C(=C(C)/C(/N=C(N)/C=C(/C)N)=N\CSc1ccc(NC)cc1)N1CCN(CCN(C)C)CC1. The maximum Gasteiger partial charge on any atom is 0.157 e. The van der Waals surface area contributed by atoms with Crippen molar-refractivity contribution in [3.05, 3.63) is 47.4 Å². The monoisotopic (exact) mass is 499 g/mol. The van der Waals surface area contributed by atoms with Gasteiger partial charge in [-0.2, -0.15) is 0 Å². The first kappa shape index (κ1) is 28.4. The van der Waals surface area contributed by atoms with E-state index in [4.69, 9.17) is 16.5 Å². The summed E-state index contributed by atoms with van der Waals surface area (Å²) in [6.45, 7) is 13.4. The first-order valence-corrected chi connectivity index (χ1v) is 12.7. The van der Waals surface area contributed by atoms with Crippen LogP contribution in [-0.4, -0.2) is 99.4 Å². The van der Waals surface area contributed by atoms with E-state index in [1.807, 2.05) is 26.1 Å². The summed E-state index contributed by atoms with van der Waals surface area (Å²) in [6, 6.07) is 8.22. The van der Waals surface area contributed by atoms with Crippen molar-refractivity contribution in [3.8, 4) is 0 Å². The first-order valence-electron chi connectivity index (χ1n) is 11.8. The van der Waals surface area contributed by atoms with Gasteiger partial charge in [-0.05, 0) is 65.0 Å². The van der Waals surface area contributed by atoms with E-state index < -0.39 is 0 Å². The molecule has 0 amide bonds. The summed E-state index contributed by atoms with van der Waals surface area (Å²) in [4.78, 5) is 21.8. The molecule has 1 heterocycles. The Morgan fingerprint density at radius 1 is 1.14 bits per heavy atom. The second-order valence-corrected chi connectivity index (χ2v) is 9.71. The number of piperazine rings is 1. The fourth-order valence-electron chi connectivity index (χ4n) is 3.59. The Hall–Kier alpha value is -2.82.